The van der Waals surface area contributed by atoms with Crippen LogP contribution in [0.1, 0.15) is 138 Å². The van der Waals surface area contributed by atoms with Crippen molar-refractivity contribution < 1.29 is 5.11 Å². The molecule has 0 aromatic carbocycles. The Morgan fingerprint density at radius 3 is 1.21 bits per heavy atom. The molecular formula is C30H64OSn2. The van der Waals surface area contributed by atoms with Crippen LogP contribution in [0.15, 0.2) is 7.68 Å². The van der Waals surface area contributed by atoms with E-state index >= 15 is 0 Å². The number of allylic oxidation sites excluding steroid dienone is 1. The summed E-state index contributed by atoms with van der Waals surface area (Å²) >= 11 is -4.71. The van der Waals surface area contributed by atoms with Gasteiger partial charge in [-0.3, -0.25) is 0 Å². The van der Waals surface area contributed by atoms with Crippen molar-refractivity contribution in [3.05, 3.63) is 7.68 Å². The average Bonchev–Trinajstić information content (AvgIpc) is 2.84. The molecule has 0 radical (unpaired) electrons. The van der Waals surface area contributed by atoms with Crippen LogP contribution in [0.3, 0.4) is 0 Å². The molecule has 0 aliphatic rings. The van der Waals surface area contributed by atoms with E-state index in [-0.39, 0.29) is 0 Å². The fourth-order valence-electron chi connectivity index (χ4n) is 5.87. The van der Waals surface area contributed by atoms with Gasteiger partial charge in [-0.25, -0.2) is 0 Å². The van der Waals surface area contributed by atoms with Crippen LogP contribution in [0, 0.1) is 0 Å². The predicted molar refractivity (Wildman–Crippen MR) is 159 cm³/mol. The van der Waals surface area contributed by atoms with E-state index in [1.54, 1.807) is 26.6 Å². The second kappa shape index (κ2) is 22.5. The molecule has 0 unspecified atom stereocenters. The summed E-state index contributed by atoms with van der Waals surface area (Å²) in [5.74, 6) is 0. The minimum absolute atomic E-state index is 0.380. The molecule has 1 N–H and O–H groups in total. The van der Waals surface area contributed by atoms with E-state index in [1.165, 1.54) is 89.9 Å². The van der Waals surface area contributed by atoms with E-state index in [4.69, 9.17) is 0 Å². The molecule has 0 spiro atoms. The van der Waals surface area contributed by atoms with Gasteiger partial charge in [0.1, 0.15) is 0 Å². The quantitative estimate of drug-likeness (QED) is 0.0796. The van der Waals surface area contributed by atoms with E-state index in [0.29, 0.717) is 6.61 Å². The number of hydrogen-bond acceptors (Lipinski definition) is 1. The first-order valence-electron chi connectivity index (χ1n) is 15.4. The van der Waals surface area contributed by atoms with Gasteiger partial charge in [0.05, 0.1) is 0 Å². The first kappa shape index (κ1) is 34.3. The van der Waals surface area contributed by atoms with E-state index < -0.39 is 36.8 Å². The van der Waals surface area contributed by atoms with Crippen molar-refractivity contribution in [1.82, 2.24) is 0 Å². The summed E-state index contributed by atoms with van der Waals surface area (Å²) < 4.78 is 15.0. The van der Waals surface area contributed by atoms with E-state index in [1.807, 2.05) is 0 Å². The first-order valence-corrected chi connectivity index (χ1v) is 30.5. The third kappa shape index (κ3) is 14.6. The van der Waals surface area contributed by atoms with Crippen LogP contribution in [0.4, 0.5) is 0 Å². The second-order valence-corrected chi connectivity index (χ2v) is 37.4. The minimum atomic E-state index is -2.40. The third-order valence-electron chi connectivity index (χ3n) is 8.13. The molecular weight excluding hydrogens is 614 g/mol. The van der Waals surface area contributed by atoms with Gasteiger partial charge in [0.2, 0.25) is 0 Å². The Hall–Kier alpha value is 1.30. The Morgan fingerprint density at radius 1 is 0.515 bits per heavy atom. The van der Waals surface area contributed by atoms with Gasteiger partial charge in [-0.05, 0) is 0 Å². The van der Waals surface area contributed by atoms with Crippen LogP contribution < -0.4 is 0 Å². The van der Waals surface area contributed by atoms with Crippen LogP contribution in [-0.4, -0.2) is 48.5 Å². The molecule has 0 aliphatic heterocycles. The second-order valence-electron chi connectivity index (χ2n) is 11.1. The maximum atomic E-state index is 9.60. The fraction of sp³-hybridized carbons (Fsp3) is 0.933. The molecule has 198 valence electrons. The number of unbranched alkanes of at least 4 members (excludes halogenated alkanes) is 7. The van der Waals surface area contributed by atoms with Crippen molar-refractivity contribution in [2.75, 3.05) is 6.61 Å². The predicted octanol–water partition coefficient (Wildman–Crippen LogP) is 10.9. The fourth-order valence-corrected chi connectivity index (χ4v) is 49.2. The summed E-state index contributed by atoms with van der Waals surface area (Å²) in [5, 5.41) is 9.60. The molecule has 0 amide bonds. The number of hydrogen-bond donors (Lipinski definition) is 1. The van der Waals surface area contributed by atoms with Crippen molar-refractivity contribution in [2.24, 2.45) is 0 Å². The van der Waals surface area contributed by atoms with Crippen LogP contribution in [-0.2, 0) is 0 Å². The summed E-state index contributed by atoms with van der Waals surface area (Å²) in [7, 11) is 0. The van der Waals surface area contributed by atoms with Gasteiger partial charge in [-0.15, -0.1) is 0 Å². The summed E-state index contributed by atoms with van der Waals surface area (Å²) in [6.07, 6.45) is 20.7. The van der Waals surface area contributed by atoms with E-state index in [2.05, 4.69) is 49.2 Å². The number of rotatable bonds is 24. The van der Waals surface area contributed by atoms with Crippen molar-refractivity contribution in [1.29, 1.82) is 0 Å². The number of aliphatic hydroxyl groups is 1. The summed E-state index contributed by atoms with van der Waals surface area (Å²) in [5.41, 5.74) is 0. The summed E-state index contributed by atoms with van der Waals surface area (Å²) in [6.45, 7) is 14.9. The molecule has 0 saturated heterocycles. The van der Waals surface area contributed by atoms with E-state index in [0.717, 1.165) is 6.42 Å². The van der Waals surface area contributed by atoms with Crippen molar-refractivity contribution >= 4 is 36.8 Å². The van der Waals surface area contributed by atoms with Gasteiger partial charge in [0, 0.05) is 0 Å². The zero-order valence-electron chi connectivity index (χ0n) is 24.1. The van der Waals surface area contributed by atoms with Gasteiger partial charge in [0.25, 0.3) is 0 Å². The van der Waals surface area contributed by atoms with Gasteiger partial charge < -0.3 is 0 Å². The van der Waals surface area contributed by atoms with Gasteiger partial charge in [-0.1, -0.05) is 0 Å². The van der Waals surface area contributed by atoms with Gasteiger partial charge in [-0.2, -0.15) is 0 Å². The Kier molecular flexibility index (Phi) is 23.4. The van der Waals surface area contributed by atoms with Crippen LogP contribution in [0.5, 0.6) is 0 Å². The standard InChI is InChI=1S/C6H10O.6C4H9.2Sn/c1-2-3-4-5-6-7;6*1-3-4-2;;/h1,7H,3-6H2;6*1,3-4H2,2H3;;. The SMILES string of the molecule is CCC[CH2][Sn](/[CH]=[C](/CCCCO)[Sn]([CH2]CCC)([CH2]CCC)[CH2]CCC)([CH2]CCC)[CH2]CCC. The summed E-state index contributed by atoms with van der Waals surface area (Å²) in [4.78, 5) is 0. The molecule has 0 saturated carbocycles. The summed E-state index contributed by atoms with van der Waals surface area (Å²) in [6, 6.07) is 0. The Morgan fingerprint density at radius 2 is 0.879 bits per heavy atom. The third-order valence-corrected chi connectivity index (χ3v) is 41.0. The molecule has 3 heteroatoms. The van der Waals surface area contributed by atoms with Crippen molar-refractivity contribution in [3.8, 4) is 0 Å². The molecule has 1 nitrogen and oxygen atoms in total. The van der Waals surface area contributed by atoms with E-state index in [9.17, 15) is 5.11 Å². The molecule has 33 heavy (non-hydrogen) atoms. The monoisotopic (exact) mass is 680 g/mol. The molecule has 0 aromatic rings. The molecule has 0 heterocycles. The Labute approximate surface area is 219 Å². The van der Waals surface area contributed by atoms with Crippen LogP contribution >= 0.6 is 0 Å². The van der Waals surface area contributed by atoms with Crippen LogP contribution in [0.25, 0.3) is 0 Å². The normalized spacial score (nSPS) is 13.1. The first-order chi connectivity index (χ1) is 16.0. The maximum absolute atomic E-state index is 9.60. The van der Waals surface area contributed by atoms with Crippen LogP contribution in [0.2, 0.25) is 26.6 Å². The average molecular weight is 678 g/mol. The van der Waals surface area contributed by atoms with Gasteiger partial charge in [0.15, 0.2) is 0 Å². The zero-order chi connectivity index (χ0) is 24.8. The van der Waals surface area contributed by atoms with Crippen molar-refractivity contribution in [3.63, 3.8) is 0 Å². The Bertz CT molecular complexity index is 417. The molecule has 0 aliphatic carbocycles. The topological polar surface area (TPSA) is 20.2 Å². The number of aliphatic hydroxyl groups excluding tert-OH is 1. The Balaban J connectivity index is 6.55. The molecule has 0 aromatic heterocycles. The molecule has 0 fully saturated rings. The zero-order valence-corrected chi connectivity index (χ0v) is 29.8. The molecule has 0 bridgehead atoms. The van der Waals surface area contributed by atoms with Gasteiger partial charge >= 0.3 is 221 Å². The van der Waals surface area contributed by atoms with Crippen molar-refractivity contribution in [2.45, 2.75) is 164 Å². The molecule has 0 rings (SSSR count). The molecule has 0 atom stereocenters.